The van der Waals surface area contributed by atoms with E-state index >= 15 is 0 Å². The molecule has 0 saturated heterocycles. The quantitative estimate of drug-likeness (QED) is 0.816. The zero-order valence-corrected chi connectivity index (χ0v) is 7.74. The Hall–Kier alpha value is -1.97. The lowest BCUT2D eigenvalue weighted by Gasteiger charge is -2.06. The second-order valence-electron chi connectivity index (χ2n) is 2.99. The van der Waals surface area contributed by atoms with Gasteiger partial charge in [-0.1, -0.05) is 0 Å². The molecular weight excluding hydrogens is 198 g/mol. The van der Waals surface area contributed by atoms with Crippen LogP contribution >= 0.6 is 0 Å². The number of nitrogens with one attached hydrogen (secondary N) is 1. The van der Waals surface area contributed by atoms with Crippen LogP contribution in [-0.2, 0) is 0 Å². The normalized spacial score (nSPS) is 10.0. The predicted molar refractivity (Wildman–Crippen MR) is 53.9 cm³/mol. The molecule has 0 radical (unpaired) electrons. The van der Waals surface area contributed by atoms with Crippen molar-refractivity contribution in [2.24, 2.45) is 0 Å². The number of halogens is 2. The molecule has 0 aliphatic carbocycles. The van der Waals surface area contributed by atoms with Gasteiger partial charge in [0.2, 0.25) is 0 Å². The number of hydrogen-bond donors (Lipinski definition) is 1. The number of rotatable bonds is 2. The lowest BCUT2D eigenvalue weighted by atomic mass is 10.3. The van der Waals surface area contributed by atoms with Gasteiger partial charge >= 0.3 is 0 Å². The Morgan fingerprint density at radius 3 is 2.40 bits per heavy atom. The van der Waals surface area contributed by atoms with Gasteiger partial charge < -0.3 is 5.32 Å². The largest absolute Gasteiger partial charge is 0.353 e. The Morgan fingerprint density at radius 1 is 1.00 bits per heavy atom. The first kappa shape index (κ1) is 9.58. The summed E-state index contributed by atoms with van der Waals surface area (Å²) in [5.41, 5.74) is 0.943. The number of pyridine rings is 1. The van der Waals surface area contributed by atoms with Crippen molar-refractivity contribution in [3.63, 3.8) is 0 Å². The number of aromatic nitrogens is 1. The van der Waals surface area contributed by atoms with Crippen molar-refractivity contribution in [2.75, 3.05) is 5.32 Å². The second-order valence-corrected chi connectivity index (χ2v) is 2.99. The van der Waals surface area contributed by atoms with Gasteiger partial charge in [0, 0.05) is 24.1 Å². The summed E-state index contributed by atoms with van der Waals surface area (Å²) in [7, 11) is 0. The number of anilines is 2. The third kappa shape index (κ3) is 2.28. The molecular formula is C11H8F2N2. The topological polar surface area (TPSA) is 24.9 Å². The van der Waals surface area contributed by atoms with Crippen LogP contribution < -0.4 is 5.32 Å². The van der Waals surface area contributed by atoms with E-state index in [0.717, 1.165) is 6.07 Å². The smallest absolute Gasteiger partial charge is 0.149 e. The summed E-state index contributed by atoms with van der Waals surface area (Å²) < 4.78 is 25.8. The first-order valence-electron chi connectivity index (χ1n) is 4.38. The zero-order valence-electron chi connectivity index (χ0n) is 7.74. The molecule has 4 heteroatoms. The van der Waals surface area contributed by atoms with Crippen LogP contribution in [0.1, 0.15) is 0 Å². The molecule has 1 heterocycles. The van der Waals surface area contributed by atoms with Crippen molar-refractivity contribution in [3.8, 4) is 0 Å². The van der Waals surface area contributed by atoms with Gasteiger partial charge in [-0.3, -0.25) is 4.98 Å². The fourth-order valence-corrected chi connectivity index (χ4v) is 1.18. The molecule has 0 spiro atoms. The van der Waals surface area contributed by atoms with Crippen LogP contribution in [0.4, 0.5) is 20.2 Å². The summed E-state index contributed by atoms with van der Waals surface area (Å²) >= 11 is 0. The molecule has 0 bridgehead atoms. The van der Waals surface area contributed by atoms with Gasteiger partial charge in [0.1, 0.15) is 11.6 Å². The molecule has 0 amide bonds. The highest BCUT2D eigenvalue weighted by molar-refractivity contribution is 5.59. The lowest BCUT2D eigenvalue weighted by molar-refractivity contribution is 0.586. The maximum atomic E-state index is 13.2. The summed E-state index contributed by atoms with van der Waals surface area (Å²) in [5.74, 6) is -1.21. The van der Waals surface area contributed by atoms with E-state index in [4.69, 9.17) is 0 Å². The molecule has 1 N–H and O–H groups in total. The minimum absolute atomic E-state index is 0.239. The molecule has 2 rings (SSSR count). The summed E-state index contributed by atoms with van der Waals surface area (Å²) in [5, 5.41) is 2.82. The Labute approximate surface area is 85.6 Å². The molecule has 1 aromatic heterocycles. The highest BCUT2D eigenvalue weighted by atomic mass is 19.1. The SMILES string of the molecule is Fc1ccc(Nc2ccncc2)c(F)c1. The summed E-state index contributed by atoms with van der Waals surface area (Å²) in [6, 6.07) is 6.78. The first-order chi connectivity index (χ1) is 7.25. The second kappa shape index (κ2) is 4.04. The average molecular weight is 206 g/mol. The highest BCUT2D eigenvalue weighted by Crippen LogP contribution is 2.19. The van der Waals surface area contributed by atoms with E-state index in [1.807, 2.05) is 0 Å². The Kier molecular flexibility index (Phi) is 2.58. The van der Waals surface area contributed by atoms with Gasteiger partial charge in [-0.25, -0.2) is 8.78 Å². The van der Waals surface area contributed by atoms with Crippen LogP contribution in [-0.4, -0.2) is 4.98 Å². The Bertz CT molecular complexity index is 457. The van der Waals surface area contributed by atoms with Crippen LogP contribution in [0, 0.1) is 11.6 Å². The lowest BCUT2D eigenvalue weighted by Crippen LogP contribution is -1.94. The van der Waals surface area contributed by atoms with E-state index < -0.39 is 11.6 Å². The molecule has 2 nitrogen and oxygen atoms in total. The summed E-state index contributed by atoms with van der Waals surface area (Å²) in [4.78, 5) is 3.83. The van der Waals surface area contributed by atoms with E-state index in [0.29, 0.717) is 5.69 Å². The molecule has 0 atom stereocenters. The zero-order chi connectivity index (χ0) is 10.7. The van der Waals surface area contributed by atoms with Crippen LogP contribution in [0.3, 0.4) is 0 Å². The maximum absolute atomic E-state index is 13.2. The van der Waals surface area contributed by atoms with Gasteiger partial charge in [-0.2, -0.15) is 0 Å². The van der Waals surface area contributed by atoms with Gasteiger partial charge in [0.25, 0.3) is 0 Å². The van der Waals surface area contributed by atoms with Crippen molar-refractivity contribution in [2.45, 2.75) is 0 Å². The Morgan fingerprint density at radius 2 is 1.73 bits per heavy atom. The number of nitrogens with zero attached hydrogens (tertiary/aromatic N) is 1. The van der Waals surface area contributed by atoms with Crippen LogP contribution in [0.25, 0.3) is 0 Å². The molecule has 0 saturated carbocycles. The molecule has 2 aromatic rings. The van der Waals surface area contributed by atoms with Crippen molar-refractivity contribution in [1.29, 1.82) is 0 Å². The maximum Gasteiger partial charge on any atom is 0.149 e. The summed E-state index contributed by atoms with van der Waals surface area (Å²) in [6.07, 6.45) is 3.17. The van der Waals surface area contributed by atoms with E-state index in [1.165, 1.54) is 12.1 Å². The van der Waals surface area contributed by atoms with Crippen LogP contribution in [0.2, 0.25) is 0 Å². The molecule has 76 valence electrons. The standard InChI is InChI=1S/C11H8F2N2/c12-8-1-2-11(10(13)7-8)15-9-3-5-14-6-4-9/h1-7H,(H,14,15). The molecule has 0 aliphatic rings. The highest BCUT2D eigenvalue weighted by Gasteiger charge is 2.03. The van der Waals surface area contributed by atoms with Gasteiger partial charge in [0.15, 0.2) is 0 Å². The van der Waals surface area contributed by atoms with Crippen molar-refractivity contribution in [1.82, 2.24) is 4.98 Å². The third-order valence-electron chi connectivity index (χ3n) is 1.89. The van der Waals surface area contributed by atoms with Crippen LogP contribution in [0.5, 0.6) is 0 Å². The fraction of sp³-hybridized carbons (Fsp3) is 0. The summed E-state index contributed by atoms with van der Waals surface area (Å²) in [6.45, 7) is 0. The van der Waals surface area contributed by atoms with E-state index in [9.17, 15) is 8.78 Å². The van der Waals surface area contributed by atoms with Crippen molar-refractivity contribution >= 4 is 11.4 Å². The minimum atomic E-state index is -0.619. The molecule has 0 aliphatic heterocycles. The van der Waals surface area contributed by atoms with Crippen LogP contribution in [0.15, 0.2) is 42.7 Å². The Balaban J connectivity index is 2.25. The number of benzene rings is 1. The number of hydrogen-bond acceptors (Lipinski definition) is 2. The van der Waals surface area contributed by atoms with E-state index in [2.05, 4.69) is 10.3 Å². The van der Waals surface area contributed by atoms with Crippen molar-refractivity contribution in [3.05, 3.63) is 54.4 Å². The van der Waals surface area contributed by atoms with Crippen molar-refractivity contribution < 1.29 is 8.78 Å². The minimum Gasteiger partial charge on any atom is -0.353 e. The van der Waals surface area contributed by atoms with Gasteiger partial charge in [0.05, 0.1) is 5.69 Å². The monoisotopic (exact) mass is 206 g/mol. The third-order valence-corrected chi connectivity index (χ3v) is 1.89. The molecule has 1 aromatic carbocycles. The van der Waals surface area contributed by atoms with E-state index in [1.54, 1.807) is 24.5 Å². The fourth-order valence-electron chi connectivity index (χ4n) is 1.18. The van der Waals surface area contributed by atoms with Gasteiger partial charge in [-0.15, -0.1) is 0 Å². The van der Waals surface area contributed by atoms with E-state index in [-0.39, 0.29) is 5.69 Å². The average Bonchev–Trinajstić information content (AvgIpc) is 2.24. The van der Waals surface area contributed by atoms with Gasteiger partial charge in [-0.05, 0) is 24.3 Å². The predicted octanol–water partition coefficient (Wildman–Crippen LogP) is 3.10. The molecule has 0 unspecified atom stereocenters. The molecule has 15 heavy (non-hydrogen) atoms. The molecule has 0 fully saturated rings. The first-order valence-corrected chi connectivity index (χ1v) is 4.38.